The monoisotopic (exact) mass is 330 g/mol. The minimum atomic E-state index is 0.569. The zero-order chi connectivity index (χ0) is 13.1. The lowest BCUT2D eigenvalue weighted by molar-refractivity contribution is 0.372. The van der Waals surface area contributed by atoms with Gasteiger partial charge in [-0.3, -0.25) is 0 Å². The van der Waals surface area contributed by atoms with E-state index in [4.69, 9.17) is 11.6 Å². The number of halogens is 2. The minimum absolute atomic E-state index is 0.569. The van der Waals surface area contributed by atoms with E-state index in [-0.39, 0.29) is 0 Å². The van der Waals surface area contributed by atoms with Gasteiger partial charge in [0.25, 0.3) is 0 Å². The Morgan fingerprint density at radius 3 is 2.83 bits per heavy atom. The van der Waals surface area contributed by atoms with Crippen LogP contribution in [0.25, 0.3) is 0 Å². The van der Waals surface area contributed by atoms with Crippen LogP contribution < -0.4 is 4.90 Å². The predicted octanol–water partition coefficient (Wildman–Crippen LogP) is 3.72. The molecule has 0 aliphatic carbocycles. The van der Waals surface area contributed by atoms with Crippen LogP contribution >= 0.6 is 27.5 Å². The van der Waals surface area contributed by atoms with Crippen LogP contribution in [0.3, 0.4) is 0 Å². The van der Waals surface area contributed by atoms with Crippen molar-refractivity contribution in [1.82, 2.24) is 4.90 Å². The first-order valence-corrected chi connectivity index (χ1v) is 7.70. The Morgan fingerprint density at radius 2 is 2.22 bits per heavy atom. The molecule has 0 saturated carbocycles. The van der Waals surface area contributed by atoms with Crippen molar-refractivity contribution in [3.05, 3.63) is 28.2 Å². The number of anilines is 1. The van der Waals surface area contributed by atoms with Crippen molar-refractivity contribution in [2.24, 2.45) is 0 Å². The largest absolute Gasteiger partial charge is 0.366 e. The van der Waals surface area contributed by atoms with Crippen LogP contribution in [0.4, 0.5) is 5.69 Å². The maximum Gasteiger partial charge on any atom is 0.0513 e. The van der Waals surface area contributed by atoms with Crippen LogP contribution in [-0.2, 0) is 5.88 Å². The molecule has 18 heavy (non-hydrogen) atoms. The van der Waals surface area contributed by atoms with Crippen LogP contribution in [0, 0.1) is 0 Å². The predicted molar refractivity (Wildman–Crippen MR) is 82.6 cm³/mol. The van der Waals surface area contributed by atoms with E-state index >= 15 is 0 Å². The van der Waals surface area contributed by atoms with Crippen molar-refractivity contribution in [1.29, 1.82) is 0 Å². The molecule has 0 amide bonds. The fourth-order valence-corrected chi connectivity index (χ4v) is 3.45. The van der Waals surface area contributed by atoms with E-state index in [0.29, 0.717) is 11.9 Å². The van der Waals surface area contributed by atoms with Crippen LogP contribution in [0.2, 0.25) is 0 Å². The fourth-order valence-electron chi connectivity index (χ4n) is 2.63. The summed E-state index contributed by atoms with van der Waals surface area (Å²) in [6.45, 7) is 2.26. The van der Waals surface area contributed by atoms with E-state index in [9.17, 15) is 0 Å². The van der Waals surface area contributed by atoms with Crippen LogP contribution in [0.5, 0.6) is 0 Å². The molecule has 0 aromatic heterocycles. The molecule has 1 atom stereocenters. The Bertz CT molecular complexity index is 409. The lowest BCUT2D eigenvalue weighted by atomic mass is 10.1. The Morgan fingerprint density at radius 1 is 1.44 bits per heavy atom. The first-order chi connectivity index (χ1) is 8.61. The number of nitrogens with zero attached hydrogens (tertiary/aromatic N) is 2. The average molecular weight is 332 g/mol. The molecule has 0 spiro atoms. The Hall–Kier alpha value is -0.250. The van der Waals surface area contributed by atoms with Gasteiger partial charge in [0.1, 0.15) is 0 Å². The smallest absolute Gasteiger partial charge is 0.0513 e. The summed E-state index contributed by atoms with van der Waals surface area (Å²) in [6.07, 6.45) is 2.56. The summed E-state index contributed by atoms with van der Waals surface area (Å²) < 4.78 is 1.16. The molecule has 2 nitrogen and oxygen atoms in total. The van der Waals surface area contributed by atoms with Gasteiger partial charge in [0, 0.05) is 29.5 Å². The van der Waals surface area contributed by atoms with Crippen molar-refractivity contribution >= 4 is 33.2 Å². The molecule has 2 rings (SSSR count). The summed E-state index contributed by atoms with van der Waals surface area (Å²) in [7, 11) is 4.28. The van der Waals surface area contributed by atoms with E-state index in [0.717, 1.165) is 23.1 Å². The molecule has 1 heterocycles. The van der Waals surface area contributed by atoms with Crippen molar-refractivity contribution in [2.45, 2.75) is 24.8 Å². The maximum atomic E-state index is 5.87. The van der Waals surface area contributed by atoms with Crippen molar-refractivity contribution < 1.29 is 0 Å². The van der Waals surface area contributed by atoms with Gasteiger partial charge in [0.15, 0.2) is 0 Å². The molecule has 0 radical (unpaired) electrons. The Kier molecular flexibility index (Phi) is 4.93. The quantitative estimate of drug-likeness (QED) is 0.776. The number of hydrogen-bond donors (Lipinski definition) is 0. The molecule has 1 aromatic carbocycles. The Labute approximate surface area is 123 Å². The molecule has 1 aromatic rings. The van der Waals surface area contributed by atoms with E-state index in [1.807, 2.05) is 0 Å². The van der Waals surface area contributed by atoms with Gasteiger partial charge in [-0.2, -0.15) is 0 Å². The molecular weight excluding hydrogens is 312 g/mol. The lowest BCUT2D eigenvalue weighted by Gasteiger charge is -2.30. The van der Waals surface area contributed by atoms with Crippen molar-refractivity contribution in [3.63, 3.8) is 0 Å². The summed E-state index contributed by atoms with van der Waals surface area (Å²) in [5, 5.41) is 0. The van der Waals surface area contributed by atoms with E-state index in [1.165, 1.54) is 18.5 Å². The molecule has 1 aliphatic heterocycles. The SMILES string of the molecule is CN(C)CC1CCCN1c1ccc(CCl)cc1Br. The van der Waals surface area contributed by atoms with Gasteiger partial charge < -0.3 is 9.80 Å². The highest BCUT2D eigenvalue weighted by Crippen LogP contribution is 2.33. The number of benzene rings is 1. The zero-order valence-electron chi connectivity index (χ0n) is 11.0. The Balaban J connectivity index is 2.19. The van der Waals surface area contributed by atoms with Crippen molar-refractivity contribution in [2.75, 3.05) is 32.1 Å². The molecule has 4 heteroatoms. The topological polar surface area (TPSA) is 6.48 Å². The first kappa shape index (κ1) is 14.2. The third-order valence-corrected chi connectivity index (χ3v) is 4.37. The third kappa shape index (κ3) is 3.19. The van der Waals surface area contributed by atoms with Crippen molar-refractivity contribution in [3.8, 4) is 0 Å². The highest BCUT2D eigenvalue weighted by atomic mass is 79.9. The molecule has 0 bridgehead atoms. The molecule has 1 fully saturated rings. The van der Waals surface area contributed by atoms with E-state index < -0.39 is 0 Å². The van der Waals surface area contributed by atoms with Gasteiger partial charge in [-0.25, -0.2) is 0 Å². The summed E-state index contributed by atoms with van der Waals surface area (Å²) in [4.78, 5) is 4.78. The van der Waals surface area contributed by atoms with Gasteiger partial charge in [-0.15, -0.1) is 11.6 Å². The molecule has 1 unspecified atom stereocenters. The van der Waals surface area contributed by atoms with Gasteiger partial charge in [-0.1, -0.05) is 6.07 Å². The highest BCUT2D eigenvalue weighted by Gasteiger charge is 2.26. The number of alkyl halides is 1. The molecule has 1 saturated heterocycles. The molecule has 100 valence electrons. The van der Waals surface area contributed by atoms with Gasteiger partial charge in [-0.05, 0) is 60.6 Å². The number of likely N-dealkylation sites (N-methyl/N-ethyl adjacent to an activating group) is 1. The van der Waals surface area contributed by atoms with Gasteiger partial charge >= 0.3 is 0 Å². The second-order valence-corrected chi connectivity index (χ2v) is 6.29. The standard InChI is InChI=1S/C14H20BrClN2/c1-17(2)10-12-4-3-7-18(12)14-6-5-11(9-16)8-13(14)15/h5-6,8,12H,3-4,7,9-10H2,1-2H3. The van der Waals surface area contributed by atoms with Gasteiger partial charge in [0.05, 0.1) is 5.69 Å². The number of rotatable bonds is 4. The fraction of sp³-hybridized carbons (Fsp3) is 0.571. The number of hydrogen-bond acceptors (Lipinski definition) is 2. The summed E-state index contributed by atoms with van der Waals surface area (Å²) in [5.41, 5.74) is 2.46. The van der Waals surface area contributed by atoms with Gasteiger partial charge in [0.2, 0.25) is 0 Å². The van der Waals surface area contributed by atoms with E-state index in [2.05, 4.69) is 58.0 Å². The summed E-state index contributed by atoms with van der Waals surface area (Å²) in [6, 6.07) is 7.07. The highest BCUT2D eigenvalue weighted by molar-refractivity contribution is 9.10. The maximum absolute atomic E-state index is 5.87. The second-order valence-electron chi connectivity index (χ2n) is 5.17. The van der Waals surface area contributed by atoms with Crippen LogP contribution in [-0.4, -0.2) is 38.1 Å². The summed E-state index contributed by atoms with van der Waals surface area (Å²) in [5.74, 6) is 0.569. The van der Waals surface area contributed by atoms with Crippen LogP contribution in [0.15, 0.2) is 22.7 Å². The summed E-state index contributed by atoms with van der Waals surface area (Å²) >= 11 is 9.55. The molecule has 0 N–H and O–H groups in total. The third-order valence-electron chi connectivity index (χ3n) is 3.43. The van der Waals surface area contributed by atoms with E-state index in [1.54, 1.807) is 0 Å². The first-order valence-electron chi connectivity index (χ1n) is 6.37. The minimum Gasteiger partial charge on any atom is -0.366 e. The average Bonchev–Trinajstić information content (AvgIpc) is 2.76. The molecular formula is C14H20BrClN2. The zero-order valence-corrected chi connectivity index (χ0v) is 13.3. The normalized spacial score (nSPS) is 19.8. The van der Waals surface area contributed by atoms with Crippen LogP contribution in [0.1, 0.15) is 18.4 Å². The second kappa shape index (κ2) is 6.27. The lowest BCUT2D eigenvalue weighted by Crippen LogP contribution is -2.37. The molecule has 1 aliphatic rings.